The fourth-order valence-electron chi connectivity index (χ4n) is 5.17. The van der Waals surface area contributed by atoms with Gasteiger partial charge < -0.3 is 5.32 Å². The molecule has 0 spiro atoms. The third-order valence-electron chi connectivity index (χ3n) is 5.45. The number of urea groups is 1. The fourth-order valence-corrected chi connectivity index (χ4v) is 5.17. The molecule has 4 saturated carbocycles. The Balaban J connectivity index is 1.50. The van der Waals surface area contributed by atoms with Crippen LogP contribution in [-0.2, 0) is 0 Å². The van der Waals surface area contributed by atoms with E-state index >= 15 is 0 Å². The van der Waals surface area contributed by atoms with Crippen LogP contribution in [0.3, 0.4) is 0 Å². The quantitative estimate of drug-likeness (QED) is 0.768. The number of hydrogen-bond acceptors (Lipinski definition) is 1. The van der Waals surface area contributed by atoms with Crippen LogP contribution < -0.4 is 5.32 Å². The Morgan fingerprint density at radius 3 is 2.05 bits per heavy atom. The molecule has 4 bridgehead atoms. The van der Waals surface area contributed by atoms with E-state index in [0.29, 0.717) is 0 Å². The molecule has 0 aromatic heterocycles. The maximum atomic E-state index is 12.4. The predicted molar refractivity (Wildman–Crippen MR) is 74.2 cm³/mol. The minimum Gasteiger partial charge on any atom is -0.332 e. The smallest absolute Gasteiger partial charge is 0.325 e. The Kier molecular flexibility index (Phi) is 2.51. The highest BCUT2D eigenvalue weighted by Gasteiger charge is 2.51. The number of rotatable bonds is 1. The normalized spacial score (nSPS) is 42.7. The van der Waals surface area contributed by atoms with Crippen LogP contribution in [0, 0.1) is 17.8 Å². The first kappa shape index (κ1) is 11.6. The second kappa shape index (κ2) is 4.12. The summed E-state index contributed by atoms with van der Waals surface area (Å²) >= 11 is 0. The average Bonchev–Trinajstić information content (AvgIpc) is 2.37. The van der Waals surface area contributed by atoms with Crippen molar-refractivity contribution in [1.82, 2.24) is 10.2 Å². The highest BCUT2D eigenvalue weighted by molar-refractivity contribution is 5.77. The highest BCUT2D eigenvalue weighted by Crippen LogP contribution is 2.55. The van der Waals surface area contributed by atoms with Crippen LogP contribution >= 0.6 is 0 Å². The summed E-state index contributed by atoms with van der Waals surface area (Å²) in [5.74, 6) is 2.62. The summed E-state index contributed by atoms with van der Waals surface area (Å²) in [6.45, 7) is 0. The fraction of sp³-hybridized carbons (Fsp3) is 0.688. The van der Waals surface area contributed by atoms with Gasteiger partial charge in [0, 0.05) is 17.9 Å². The summed E-state index contributed by atoms with van der Waals surface area (Å²) in [6, 6.07) is 0.0640. The minimum absolute atomic E-state index is 0.0640. The molecule has 0 aromatic rings. The van der Waals surface area contributed by atoms with E-state index < -0.39 is 0 Å². The number of nitrogens with zero attached hydrogens (tertiary/aromatic N) is 1. The summed E-state index contributed by atoms with van der Waals surface area (Å²) < 4.78 is 0. The molecular formula is C16H22N2O. The topological polar surface area (TPSA) is 32.3 Å². The van der Waals surface area contributed by atoms with Crippen LogP contribution in [0.4, 0.5) is 4.79 Å². The van der Waals surface area contributed by atoms with Crippen molar-refractivity contribution in [3.63, 3.8) is 0 Å². The molecule has 4 fully saturated rings. The number of allylic oxidation sites excluding steroid dienone is 2. The van der Waals surface area contributed by atoms with E-state index in [4.69, 9.17) is 0 Å². The van der Waals surface area contributed by atoms with E-state index in [1.807, 2.05) is 24.6 Å². The van der Waals surface area contributed by atoms with Gasteiger partial charge in [-0.15, -0.1) is 0 Å². The monoisotopic (exact) mass is 258 g/mol. The predicted octanol–water partition coefficient (Wildman–Crippen LogP) is 3.40. The Hall–Kier alpha value is -1.25. The van der Waals surface area contributed by atoms with Crippen LogP contribution in [0.15, 0.2) is 24.6 Å². The molecule has 5 rings (SSSR count). The van der Waals surface area contributed by atoms with E-state index in [9.17, 15) is 4.79 Å². The standard InChI is InChI=1S/C16H22N2O/c19-15(18-4-2-1-3-5-18)17-16-9-12-6-13(10-16)8-14(7-12)11-16/h2-5,12-14H,1,6-11H2,(H,17,19). The first-order valence-corrected chi connectivity index (χ1v) is 7.66. The van der Waals surface area contributed by atoms with E-state index in [2.05, 4.69) is 5.32 Å². The van der Waals surface area contributed by atoms with Gasteiger partial charge in [0.15, 0.2) is 0 Å². The Bertz CT molecular complexity index is 404. The van der Waals surface area contributed by atoms with Crippen LogP contribution in [0.1, 0.15) is 44.9 Å². The Morgan fingerprint density at radius 1 is 1.00 bits per heavy atom. The van der Waals surface area contributed by atoms with Gasteiger partial charge in [-0.2, -0.15) is 0 Å². The molecule has 0 aromatic carbocycles. The Labute approximate surface area is 114 Å². The van der Waals surface area contributed by atoms with Gasteiger partial charge in [0.25, 0.3) is 0 Å². The van der Waals surface area contributed by atoms with Gasteiger partial charge in [-0.1, -0.05) is 12.2 Å². The van der Waals surface area contributed by atoms with Crippen molar-refractivity contribution >= 4 is 6.03 Å². The maximum Gasteiger partial charge on any atom is 0.325 e. The van der Waals surface area contributed by atoms with Gasteiger partial charge in [0.05, 0.1) is 0 Å². The van der Waals surface area contributed by atoms with Crippen molar-refractivity contribution in [2.45, 2.75) is 50.5 Å². The summed E-state index contributed by atoms with van der Waals surface area (Å²) in [7, 11) is 0. The van der Waals surface area contributed by atoms with Crippen molar-refractivity contribution in [2.24, 2.45) is 17.8 Å². The molecule has 0 radical (unpaired) electrons. The summed E-state index contributed by atoms with van der Waals surface area (Å²) in [5.41, 5.74) is 0.116. The van der Waals surface area contributed by atoms with Gasteiger partial charge in [-0.3, -0.25) is 4.90 Å². The molecule has 3 heteroatoms. The first-order valence-electron chi connectivity index (χ1n) is 7.66. The molecule has 2 amide bonds. The van der Waals surface area contributed by atoms with Crippen LogP contribution in [-0.4, -0.2) is 16.5 Å². The van der Waals surface area contributed by atoms with Crippen molar-refractivity contribution in [3.05, 3.63) is 24.6 Å². The second-order valence-electron chi connectivity index (χ2n) is 7.04. The number of carbonyl (C=O) groups is 1. The van der Waals surface area contributed by atoms with E-state index in [0.717, 1.165) is 24.2 Å². The third kappa shape index (κ3) is 1.99. The number of nitrogens with one attached hydrogen (secondary N) is 1. The molecule has 0 atom stereocenters. The molecule has 19 heavy (non-hydrogen) atoms. The van der Waals surface area contributed by atoms with Crippen molar-refractivity contribution in [3.8, 4) is 0 Å². The average molecular weight is 258 g/mol. The van der Waals surface area contributed by atoms with Crippen molar-refractivity contribution < 1.29 is 4.79 Å². The van der Waals surface area contributed by atoms with Gasteiger partial charge >= 0.3 is 6.03 Å². The SMILES string of the molecule is O=C(NC12CC3CC(CC(C3)C1)C2)N1C=CCC=C1. The molecule has 0 saturated heterocycles. The molecule has 102 valence electrons. The zero-order chi connectivity index (χ0) is 12.9. The second-order valence-corrected chi connectivity index (χ2v) is 7.04. The van der Waals surface area contributed by atoms with E-state index in [1.54, 1.807) is 4.90 Å². The van der Waals surface area contributed by atoms with Crippen LogP contribution in [0.5, 0.6) is 0 Å². The lowest BCUT2D eigenvalue weighted by atomic mass is 9.53. The molecule has 3 nitrogen and oxygen atoms in total. The van der Waals surface area contributed by atoms with E-state index in [1.165, 1.54) is 38.5 Å². The maximum absolute atomic E-state index is 12.4. The van der Waals surface area contributed by atoms with Gasteiger partial charge in [-0.05, 0) is 62.7 Å². The minimum atomic E-state index is 0.0640. The summed E-state index contributed by atoms with van der Waals surface area (Å²) in [6.07, 6.45) is 16.6. The van der Waals surface area contributed by atoms with E-state index in [-0.39, 0.29) is 11.6 Å². The third-order valence-corrected chi connectivity index (χ3v) is 5.45. The van der Waals surface area contributed by atoms with Crippen LogP contribution in [0.2, 0.25) is 0 Å². The highest BCUT2D eigenvalue weighted by atomic mass is 16.2. The first-order chi connectivity index (χ1) is 9.22. The molecule has 1 N–H and O–H groups in total. The number of amides is 2. The van der Waals surface area contributed by atoms with Crippen LogP contribution in [0.25, 0.3) is 0 Å². The van der Waals surface area contributed by atoms with Gasteiger partial charge in [-0.25, -0.2) is 4.79 Å². The molecule has 1 heterocycles. The molecule has 1 aliphatic heterocycles. The van der Waals surface area contributed by atoms with Crippen molar-refractivity contribution in [1.29, 1.82) is 0 Å². The largest absolute Gasteiger partial charge is 0.332 e. The summed E-state index contributed by atoms with van der Waals surface area (Å²) in [5, 5.41) is 3.38. The van der Waals surface area contributed by atoms with Crippen molar-refractivity contribution in [2.75, 3.05) is 0 Å². The van der Waals surface area contributed by atoms with Gasteiger partial charge in [0.2, 0.25) is 0 Å². The lowest BCUT2D eigenvalue weighted by Gasteiger charge is -2.57. The zero-order valence-corrected chi connectivity index (χ0v) is 11.3. The molecule has 0 unspecified atom stereocenters. The Morgan fingerprint density at radius 2 is 1.53 bits per heavy atom. The zero-order valence-electron chi connectivity index (χ0n) is 11.3. The number of carbonyl (C=O) groups excluding carboxylic acids is 1. The molecule has 5 aliphatic rings. The number of hydrogen-bond donors (Lipinski definition) is 1. The summed E-state index contributed by atoms with van der Waals surface area (Å²) in [4.78, 5) is 14.1. The lowest BCUT2D eigenvalue weighted by Crippen LogP contribution is -2.61. The van der Waals surface area contributed by atoms with Gasteiger partial charge in [0.1, 0.15) is 0 Å². The lowest BCUT2D eigenvalue weighted by molar-refractivity contribution is -0.0145. The molecular weight excluding hydrogens is 236 g/mol. The molecule has 4 aliphatic carbocycles.